The van der Waals surface area contributed by atoms with Gasteiger partial charge in [-0.3, -0.25) is 4.55 Å². The van der Waals surface area contributed by atoms with Crippen LogP contribution in [-0.4, -0.2) is 63.8 Å². The maximum atomic E-state index is 9.19. The second-order valence-corrected chi connectivity index (χ2v) is 3.69. The third-order valence-corrected chi connectivity index (χ3v) is 1.50. The number of thiocyanates is 1. The van der Waals surface area contributed by atoms with E-state index in [2.05, 4.69) is 0 Å². The fraction of sp³-hybridized carbons (Fsp3) is 0.857. The number of nitrogens with zero attached hydrogens (tertiary/aromatic N) is 1. The summed E-state index contributed by atoms with van der Waals surface area (Å²) >= 11 is 0. The Labute approximate surface area is 121 Å². The Balaban J connectivity index is -0.000000187. The van der Waals surface area contributed by atoms with Gasteiger partial charge in [0, 0.05) is 0 Å². The average molecular weight is 265 g/mol. The molecule has 0 bridgehead atoms. The zero-order chi connectivity index (χ0) is 11.4. The van der Waals surface area contributed by atoms with Crippen molar-refractivity contribution in [3.8, 4) is 5.40 Å². The summed E-state index contributed by atoms with van der Waals surface area (Å²) in [6, 6.07) is 0. The van der Waals surface area contributed by atoms with E-state index in [0.717, 1.165) is 25.9 Å². The first kappa shape index (κ1) is 20.9. The molecule has 88 valence electrons. The Morgan fingerprint density at radius 3 is 1.47 bits per heavy atom. The molecule has 0 aromatic rings. The van der Waals surface area contributed by atoms with Crippen molar-refractivity contribution in [3.05, 3.63) is 0 Å². The number of nitrogens with two attached hydrogens (primary N) is 2. The van der Waals surface area contributed by atoms with Gasteiger partial charge in [0.1, 0.15) is 0 Å². The Morgan fingerprint density at radius 2 is 1.33 bits per heavy atom. The topological polar surface area (TPSA) is 130 Å². The summed E-state index contributed by atoms with van der Waals surface area (Å²) in [4.78, 5) is 0. The van der Waals surface area contributed by atoms with E-state index in [1.54, 1.807) is 0 Å². The number of hydrogen-bond acceptors (Lipinski definition) is 5. The van der Waals surface area contributed by atoms with Crippen LogP contribution in [0.4, 0.5) is 0 Å². The van der Waals surface area contributed by atoms with Crippen LogP contribution < -0.4 is 11.5 Å². The van der Waals surface area contributed by atoms with E-state index in [-0.39, 0.29) is 37.7 Å². The number of unbranched alkanes of at least 4 members (excludes halogenated alkanes) is 3. The maximum absolute atomic E-state index is 9.19. The van der Waals surface area contributed by atoms with Crippen LogP contribution in [0.25, 0.3) is 0 Å². The SMILES string of the molecule is N#CS(=O)(=O)O.NCCCCCCN.[CaH2]. The van der Waals surface area contributed by atoms with Gasteiger partial charge in [-0.05, 0) is 25.9 Å². The third kappa shape index (κ3) is 31.3. The summed E-state index contributed by atoms with van der Waals surface area (Å²) in [6.07, 6.45) is 4.79. The molecule has 5 N–H and O–H groups in total. The van der Waals surface area contributed by atoms with Gasteiger partial charge < -0.3 is 11.5 Å². The molecule has 0 heterocycles. The molecule has 0 fully saturated rings. The van der Waals surface area contributed by atoms with Gasteiger partial charge in [-0.1, -0.05) is 12.8 Å². The molecule has 15 heavy (non-hydrogen) atoms. The molecule has 0 atom stereocenters. The summed E-state index contributed by atoms with van der Waals surface area (Å²) in [7, 11) is -4.36. The Bertz CT molecular complexity index is 245. The number of rotatable bonds is 5. The molecular weight excluding hydrogens is 246 g/mol. The Hall–Kier alpha value is 0.580. The first-order valence-corrected chi connectivity index (χ1v) is 5.70. The molecule has 6 nitrogen and oxygen atoms in total. The van der Waals surface area contributed by atoms with Gasteiger partial charge in [0.25, 0.3) is 0 Å². The number of nitriles is 1. The van der Waals surface area contributed by atoms with Gasteiger partial charge in [0.2, 0.25) is 5.40 Å². The molecule has 0 radical (unpaired) electrons. The van der Waals surface area contributed by atoms with E-state index in [9.17, 15) is 8.42 Å². The molecule has 0 amide bonds. The Kier molecular flexibility index (Phi) is 20.3. The molecule has 0 saturated carbocycles. The molecule has 0 aromatic heterocycles. The normalized spacial score (nSPS) is 9.20. The van der Waals surface area contributed by atoms with Crippen LogP contribution in [0.15, 0.2) is 0 Å². The first-order valence-electron chi connectivity index (χ1n) is 4.26. The summed E-state index contributed by atoms with van der Waals surface area (Å²) in [5.74, 6) is 0. The zero-order valence-electron chi connectivity index (χ0n) is 8.02. The molecule has 0 aromatic carbocycles. The van der Waals surface area contributed by atoms with E-state index in [0.29, 0.717) is 5.40 Å². The van der Waals surface area contributed by atoms with E-state index in [1.807, 2.05) is 0 Å². The number of hydrogen-bond donors (Lipinski definition) is 3. The molecule has 0 saturated heterocycles. The van der Waals surface area contributed by atoms with Gasteiger partial charge in [-0.2, -0.15) is 13.7 Å². The zero-order valence-corrected chi connectivity index (χ0v) is 8.83. The van der Waals surface area contributed by atoms with Crippen LogP contribution in [0.3, 0.4) is 0 Å². The van der Waals surface area contributed by atoms with E-state index in [1.165, 1.54) is 12.8 Å². The first-order chi connectivity index (χ1) is 6.47. The second kappa shape index (κ2) is 14.6. The summed E-state index contributed by atoms with van der Waals surface area (Å²) < 4.78 is 25.8. The predicted octanol–water partition coefficient (Wildman–Crippen LogP) is -1.10. The quantitative estimate of drug-likeness (QED) is 0.190. The minimum absolute atomic E-state index is 0. The van der Waals surface area contributed by atoms with Gasteiger partial charge in [0.05, 0.1) is 0 Å². The van der Waals surface area contributed by atoms with Crippen LogP contribution >= 0.6 is 0 Å². The molecule has 0 aliphatic heterocycles. The molecule has 0 unspecified atom stereocenters. The summed E-state index contributed by atoms with van der Waals surface area (Å²) in [5, 5.41) is 7.95. The molecule has 8 heteroatoms. The van der Waals surface area contributed by atoms with E-state index in [4.69, 9.17) is 21.3 Å². The molecular formula is C7H19CaN3O3S. The van der Waals surface area contributed by atoms with Crippen molar-refractivity contribution >= 4 is 47.9 Å². The van der Waals surface area contributed by atoms with Crippen molar-refractivity contribution in [1.82, 2.24) is 0 Å². The van der Waals surface area contributed by atoms with E-state index >= 15 is 0 Å². The molecule has 0 aliphatic rings. The van der Waals surface area contributed by atoms with Crippen LogP contribution in [-0.2, 0) is 10.1 Å². The molecule has 0 spiro atoms. The van der Waals surface area contributed by atoms with Gasteiger partial charge >= 0.3 is 47.9 Å². The fourth-order valence-corrected chi connectivity index (χ4v) is 0.642. The minimum atomic E-state index is -4.36. The van der Waals surface area contributed by atoms with Crippen LogP contribution in [0.5, 0.6) is 0 Å². The van der Waals surface area contributed by atoms with Crippen molar-refractivity contribution in [2.75, 3.05) is 13.1 Å². The van der Waals surface area contributed by atoms with Crippen LogP contribution in [0.1, 0.15) is 25.7 Å². The second-order valence-electron chi connectivity index (χ2n) is 2.56. The summed E-state index contributed by atoms with van der Waals surface area (Å²) in [6.45, 7) is 1.65. The third-order valence-electron chi connectivity index (χ3n) is 1.27. The summed E-state index contributed by atoms with van der Waals surface area (Å²) in [5.41, 5.74) is 10.6. The van der Waals surface area contributed by atoms with Crippen molar-refractivity contribution < 1.29 is 13.0 Å². The average Bonchev–Trinajstić information content (AvgIpc) is 2.13. The Morgan fingerprint density at radius 1 is 1.07 bits per heavy atom. The molecule has 0 aliphatic carbocycles. The van der Waals surface area contributed by atoms with Gasteiger partial charge in [-0.25, -0.2) is 0 Å². The van der Waals surface area contributed by atoms with Crippen molar-refractivity contribution in [2.45, 2.75) is 25.7 Å². The van der Waals surface area contributed by atoms with Crippen LogP contribution in [0, 0.1) is 10.7 Å². The standard InChI is InChI=1S/C6H16N2.CHNO3S.Ca.2H/c7-5-3-1-2-4-6-8;2-1-6(3,4)5;;;/h1-8H2;(H,3,4,5);;;. The monoisotopic (exact) mass is 265 g/mol. The van der Waals surface area contributed by atoms with Crippen molar-refractivity contribution in [2.24, 2.45) is 11.5 Å². The molecule has 0 rings (SSSR count). The van der Waals surface area contributed by atoms with Crippen molar-refractivity contribution in [1.29, 1.82) is 5.26 Å². The van der Waals surface area contributed by atoms with Gasteiger partial charge in [-0.15, -0.1) is 0 Å². The van der Waals surface area contributed by atoms with Crippen LogP contribution in [0.2, 0.25) is 0 Å². The van der Waals surface area contributed by atoms with E-state index < -0.39 is 10.1 Å². The predicted molar refractivity (Wildman–Crippen MR) is 62.3 cm³/mol. The fourth-order valence-electron chi connectivity index (χ4n) is 0.642. The van der Waals surface area contributed by atoms with Gasteiger partial charge in [0.15, 0.2) is 0 Å². The van der Waals surface area contributed by atoms with Crippen molar-refractivity contribution in [3.63, 3.8) is 0 Å².